The summed E-state index contributed by atoms with van der Waals surface area (Å²) in [7, 11) is 6.97. The number of benzene rings is 2. The van der Waals surface area contributed by atoms with Crippen LogP contribution in [0.4, 0.5) is 4.39 Å². The molecule has 1 N–H and O–H groups in total. The van der Waals surface area contributed by atoms with Gasteiger partial charge in [0.25, 0.3) is 5.91 Å². The van der Waals surface area contributed by atoms with Gasteiger partial charge in [0.2, 0.25) is 0 Å². The third-order valence-corrected chi connectivity index (χ3v) is 3.40. The van der Waals surface area contributed by atoms with Crippen molar-refractivity contribution in [1.82, 2.24) is 5.32 Å². The topological polar surface area (TPSA) is 38.3 Å². The van der Waals surface area contributed by atoms with E-state index in [9.17, 15) is 9.18 Å². The van der Waals surface area contributed by atoms with Gasteiger partial charge in [-0.05, 0) is 36.2 Å². The molecule has 0 bridgehead atoms. The van der Waals surface area contributed by atoms with E-state index < -0.39 is 0 Å². The van der Waals surface area contributed by atoms with Gasteiger partial charge < -0.3 is 10.1 Å². The summed E-state index contributed by atoms with van der Waals surface area (Å²) in [6.45, 7) is 0.287. The normalized spacial score (nSPS) is 10.3. The number of ether oxygens (including phenoxy) is 1. The van der Waals surface area contributed by atoms with Crippen molar-refractivity contribution >= 4 is 30.8 Å². The first-order valence-electron chi connectivity index (χ1n) is 6.67. The number of carbonyl (C=O) groups is 1. The smallest absolute Gasteiger partial charge is 0.255 e. The fraction of sp³-hybridized carbons (Fsp3) is 0.188. The van der Waals surface area contributed by atoms with Gasteiger partial charge in [0.1, 0.15) is 19.4 Å². The summed E-state index contributed by atoms with van der Waals surface area (Å²) in [5.74, 6) is -0.273. The van der Waals surface area contributed by atoms with Crippen LogP contribution in [0.15, 0.2) is 36.4 Å². The maximum Gasteiger partial charge on any atom is 0.255 e. The summed E-state index contributed by atoms with van der Waals surface area (Å²) in [4.78, 5) is 12.1. The first kappa shape index (κ1) is 16.4. The molecule has 0 spiro atoms. The Balaban J connectivity index is 2.00. The molecular weight excluding hydrogens is 303 g/mol. The molecule has 6 heteroatoms. The molecule has 0 aliphatic heterocycles. The van der Waals surface area contributed by atoms with Crippen molar-refractivity contribution in [2.45, 2.75) is 6.42 Å². The van der Waals surface area contributed by atoms with Gasteiger partial charge in [-0.2, -0.15) is 0 Å². The third kappa shape index (κ3) is 4.01. The Labute approximate surface area is 134 Å². The minimum atomic E-state index is -0.380. The SMILES string of the molecule is [B]c1ccc(CCNC(=O)c2cc(Cl)ccc2OC)c(F)c1. The van der Waals surface area contributed by atoms with E-state index in [-0.39, 0.29) is 18.3 Å². The Morgan fingerprint density at radius 2 is 2.09 bits per heavy atom. The van der Waals surface area contributed by atoms with Gasteiger partial charge in [-0.25, -0.2) is 4.39 Å². The highest BCUT2D eigenvalue weighted by Gasteiger charge is 2.12. The Hall–Kier alpha value is -2.01. The largest absolute Gasteiger partial charge is 0.496 e. The van der Waals surface area contributed by atoms with E-state index in [1.165, 1.54) is 19.2 Å². The van der Waals surface area contributed by atoms with Gasteiger partial charge in [-0.3, -0.25) is 4.79 Å². The van der Waals surface area contributed by atoms with Crippen LogP contribution in [0.1, 0.15) is 15.9 Å². The summed E-state index contributed by atoms with van der Waals surface area (Å²) in [5, 5.41) is 3.16. The number of nitrogens with one attached hydrogen (secondary N) is 1. The van der Waals surface area contributed by atoms with E-state index >= 15 is 0 Å². The average molecular weight is 318 g/mol. The molecule has 2 aromatic carbocycles. The van der Waals surface area contributed by atoms with Crippen molar-refractivity contribution < 1.29 is 13.9 Å². The molecule has 0 saturated carbocycles. The zero-order valence-electron chi connectivity index (χ0n) is 12.0. The summed E-state index contributed by atoms with van der Waals surface area (Å²) in [5.41, 5.74) is 1.20. The van der Waals surface area contributed by atoms with Crippen LogP contribution >= 0.6 is 11.6 Å². The van der Waals surface area contributed by atoms with Crippen molar-refractivity contribution in [3.63, 3.8) is 0 Å². The van der Waals surface area contributed by atoms with E-state index in [1.807, 2.05) is 0 Å². The van der Waals surface area contributed by atoms with Crippen molar-refractivity contribution in [3.05, 3.63) is 58.4 Å². The standard InChI is InChI=1S/C16H14BClFNO2/c1-22-15-5-4-12(18)9-13(15)16(21)20-7-6-10-2-3-11(17)8-14(10)19/h2-5,8-9H,6-7H2,1H3,(H,20,21). The molecule has 3 nitrogen and oxygen atoms in total. The first-order valence-corrected chi connectivity index (χ1v) is 7.04. The molecule has 0 unspecified atom stereocenters. The lowest BCUT2D eigenvalue weighted by molar-refractivity contribution is 0.0951. The zero-order valence-corrected chi connectivity index (χ0v) is 12.8. The van der Waals surface area contributed by atoms with Gasteiger partial charge in [0.05, 0.1) is 12.7 Å². The number of hydrogen-bond acceptors (Lipinski definition) is 2. The molecule has 112 valence electrons. The molecule has 2 aromatic rings. The molecule has 0 saturated heterocycles. The second-order valence-electron chi connectivity index (χ2n) is 4.70. The van der Waals surface area contributed by atoms with Crippen LogP contribution in [0.5, 0.6) is 5.75 Å². The number of amides is 1. The highest BCUT2D eigenvalue weighted by molar-refractivity contribution is 6.32. The minimum absolute atomic E-state index is 0.287. The average Bonchev–Trinajstić information content (AvgIpc) is 2.49. The minimum Gasteiger partial charge on any atom is -0.496 e. The molecule has 0 aliphatic carbocycles. The van der Waals surface area contributed by atoms with Gasteiger partial charge in [-0.1, -0.05) is 29.2 Å². The molecule has 0 atom stereocenters. The number of carbonyl (C=O) groups excluding carboxylic acids is 1. The lowest BCUT2D eigenvalue weighted by Crippen LogP contribution is -2.26. The highest BCUT2D eigenvalue weighted by atomic mass is 35.5. The van der Waals surface area contributed by atoms with Crippen LogP contribution in [-0.4, -0.2) is 27.4 Å². The molecule has 1 amide bonds. The molecule has 0 fully saturated rings. The molecule has 0 heterocycles. The fourth-order valence-electron chi connectivity index (χ4n) is 2.03. The van der Waals surface area contributed by atoms with Crippen molar-refractivity contribution in [2.24, 2.45) is 0 Å². The number of halogens is 2. The zero-order chi connectivity index (χ0) is 16.1. The summed E-state index contributed by atoms with van der Waals surface area (Å²) in [6.07, 6.45) is 0.362. The Morgan fingerprint density at radius 3 is 2.77 bits per heavy atom. The van der Waals surface area contributed by atoms with Gasteiger partial charge in [0.15, 0.2) is 0 Å². The van der Waals surface area contributed by atoms with Crippen LogP contribution in [0.2, 0.25) is 5.02 Å². The Morgan fingerprint density at radius 1 is 1.32 bits per heavy atom. The van der Waals surface area contributed by atoms with Crippen LogP contribution in [-0.2, 0) is 6.42 Å². The van der Waals surface area contributed by atoms with Gasteiger partial charge in [-0.15, -0.1) is 0 Å². The second-order valence-corrected chi connectivity index (χ2v) is 5.14. The number of methoxy groups -OCH3 is 1. The molecule has 0 aliphatic rings. The Bertz CT molecular complexity index is 694. The van der Waals surface area contributed by atoms with Gasteiger partial charge >= 0.3 is 0 Å². The Kier molecular flexibility index (Phi) is 5.44. The highest BCUT2D eigenvalue weighted by Crippen LogP contribution is 2.22. The van der Waals surface area contributed by atoms with Crippen LogP contribution in [0, 0.1) is 5.82 Å². The lowest BCUT2D eigenvalue weighted by Gasteiger charge is -2.10. The van der Waals surface area contributed by atoms with Crippen LogP contribution in [0.3, 0.4) is 0 Å². The van der Waals surface area contributed by atoms with E-state index in [0.29, 0.717) is 33.8 Å². The lowest BCUT2D eigenvalue weighted by atomic mass is 9.94. The number of hydrogen-bond donors (Lipinski definition) is 1. The predicted octanol–water partition coefficient (Wildman–Crippen LogP) is 2.25. The molecular formula is C16H14BClFNO2. The monoisotopic (exact) mass is 317 g/mol. The maximum atomic E-state index is 13.6. The quantitative estimate of drug-likeness (QED) is 0.859. The summed E-state index contributed by atoms with van der Waals surface area (Å²) >= 11 is 5.89. The fourth-order valence-corrected chi connectivity index (χ4v) is 2.20. The second kappa shape index (κ2) is 7.32. The van der Waals surface area contributed by atoms with Gasteiger partial charge in [0, 0.05) is 11.6 Å². The molecule has 2 radical (unpaired) electrons. The molecule has 0 aromatic heterocycles. The number of rotatable bonds is 5. The van der Waals surface area contributed by atoms with E-state index in [0.717, 1.165) is 0 Å². The predicted molar refractivity (Wildman–Crippen MR) is 85.8 cm³/mol. The summed E-state index contributed by atoms with van der Waals surface area (Å²) in [6, 6.07) is 9.28. The van der Waals surface area contributed by atoms with E-state index in [4.69, 9.17) is 24.2 Å². The van der Waals surface area contributed by atoms with Crippen molar-refractivity contribution in [1.29, 1.82) is 0 Å². The van der Waals surface area contributed by atoms with Crippen molar-refractivity contribution in [3.8, 4) is 5.75 Å². The maximum absolute atomic E-state index is 13.6. The van der Waals surface area contributed by atoms with E-state index in [2.05, 4.69) is 5.32 Å². The third-order valence-electron chi connectivity index (χ3n) is 3.16. The first-order chi connectivity index (χ1) is 10.5. The molecule has 22 heavy (non-hydrogen) atoms. The molecule has 2 rings (SSSR count). The van der Waals surface area contributed by atoms with E-state index in [1.54, 1.807) is 24.3 Å². The summed E-state index contributed by atoms with van der Waals surface area (Å²) < 4.78 is 18.8. The van der Waals surface area contributed by atoms with Crippen LogP contribution < -0.4 is 15.5 Å². The van der Waals surface area contributed by atoms with Crippen molar-refractivity contribution in [2.75, 3.05) is 13.7 Å². The van der Waals surface area contributed by atoms with Crippen LogP contribution in [0.25, 0.3) is 0 Å².